The van der Waals surface area contributed by atoms with Crippen molar-refractivity contribution in [2.45, 2.75) is 32.4 Å². The molecular formula is C17H18ClNO. The van der Waals surface area contributed by atoms with Crippen molar-refractivity contribution in [2.75, 3.05) is 5.32 Å². The van der Waals surface area contributed by atoms with Crippen LogP contribution >= 0.6 is 11.6 Å². The number of fused-ring (bicyclic) bond motifs is 1. The van der Waals surface area contributed by atoms with Crippen molar-refractivity contribution in [3.05, 3.63) is 58.6 Å². The molecule has 0 spiro atoms. The molecule has 2 nitrogen and oxygen atoms in total. The summed E-state index contributed by atoms with van der Waals surface area (Å²) in [6, 6.07) is 14.5. The highest BCUT2D eigenvalue weighted by Gasteiger charge is 2.17. The lowest BCUT2D eigenvalue weighted by molar-refractivity contribution is 0.306. The Morgan fingerprint density at radius 3 is 2.80 bits per heavy atom. The number of para-hydroxylation sites is 1. The Balaban J connectivity index is 1.76. The number of benzene rings is 2. The van der Waals surface area contributed by atoms with Gasteiger partial charge in [-0.15, -0.1) is 0 Å². The van der Waals surface area contributed by atoms with Crippen LogP contribution in [0.3, 0.4) is 0 Å². The largest absolute Gasteiger partial charge is 0.487 e. The molecule has 1 heterocycles. The van der Waals surface area contributed by atoms with Gasteiger partial charge in [-0.3, -0.25) is 0 Å². The molecule has 0 aliphatic carbocycles. The number of nitrogens with one attached hydrogen (secondary N) is 1. The van der Waals surface area contributed by atoms with Crippen LogP contribution in [0.25, 0.3) is 0 Å². The van der Waals surface area contributed by atoms with Gasteiger partial charge in [0.25, 0.3) is 0 Å². The SMILES string of the molecule is CC1CCc2cccc(OCc3ccc(Cl)cc3)c2N1. The second-order valence-corrected chi connectivity index (χ2v) is 5.73. The first-order chi connectivity index (χ1) is 9.72. The summed E-state index contributed by atoms with van der Waals surface area (Å²) in [5.41, 5.74) is 3.62. The Morgan fingerprint density at radius 2 is 2.00 bits per heavy atom. The van der Waals surface area contributed by atoms with Gasteiger partial charge in [0.15, 0.2) is 0 Å². The molecule has 0 aromatic heterocycles. The van der Waals surface area contributed by atoms with E-state index >= 15 is 0 Å². The van der Waals surface area contributed by atoms with Crippen molar-refractivity contribution in [1.29, 1.82) is 0 Å². The van der Waals surface area contributed by atoms with Crippen LogP contribution in [-0.2, 0) is 13.0 Å². The minimum atomic E-state index is 0.503. The molecule has 1 unspecified atom stereocenters. The molecule has 1 aliphatic heterocycles. The van der Waals surface area contributed by atoms with Crippen LogP contribution in [0.15, 0.2) is 42.5 Å². The van der Waals surface area contributed by atoms with Crippen LogP contribution in [0.4, 0.5) is 5.69 Å². The zero-order valence-corrected chi connectivity index (χ0v) is 12.3. The van der Waals surface area contributed by atoms with E-state index in [1.807, 2.05) is 30.3 Å². The summed E-state index contributed by atoms with van der Waals surface area (Å²) in [6.07, 6.45) is 2.29. The Labute approximate surface area is 124 Å². The van der Waals surface area contributed by atoms with Gasteiger partial charge in [-0.25, -0.2) is 0 Å². The van der Waals surface area contributed by atoms with Crippen molar-refractivity contribution < 1.29 is 4.74 Å². The number of hydrogen-bond acceptors (Lipinski definition) is 2. The summed E-state index contributed by atoms with van der Waals surface area (Å²) in [5, 5.41) is 4.28. The molecule has 1 N–H and O–H groups in total. The summed E-state index contributed by atoms with van der Waals surface area (Å²) in [4.78, 5) is 0. The van der Waals surface area contributed by atoms with E-state index < -0.39 is 0 Å². The van der Waals surface area contributed by atoms with Gasteiger partial charge >= 0.3 is 0 Å². The topological polar surface area (TPSA) is 21.3 Å². The van der Waals surface area contributed by atoms with Crippen LogP contribution in [0, 0.1) is 0 Å². The van der Waals surface area contributed by atoms with Crippen molar-refractivity contribution in [2.24, 2.45) is 0 Å². The van der Waals surface area contributed by atoms with Crippen molar-refractivity contribution >= 4 is 17.3 Å². The molecule has 3 heteroatoms. The molecule has 0 bridgehead atoms. The maximum absolute atomic E-state index is 5.97. The smallest absolute Gasteiger partial charge is 0.143 e. The molecule has 104 valence electrons. The second-order valence-electron chi connectivity index (χ2n) is 5.29. The monoisotopic (exact) mass is 287 g/mol. The third-order valence-electron chi connectivity index (χ3n) is 3.66. The molecule has 0 fully saturated rings. The summed E-state index contributed by atoms with van der Waals surface area (Å²) < 4.78 is 5.97. The van der Waals surface area contributed by atoms with E-state index in [1.54, 1.807) is 0 Å². The normalized spacial score (nSPS) is 17.2. The highest BCUT2D eigenvalue weighted by molar-refractivity contribution is 6.30. The molecule has 3 rings (SSSR count). The number of ether oxygens (including phenoxy) is 1. The van der Waals surface area contributed by atoms with Crippen LogP contribution in [-0.4, -0.2) is 6.04 Å². The average molecular weight is 288 g/mol. The lowest BCUT2D eigenvalue weighted by Crippen LogP contribution is -2.22. The molecule has 0 saturated heterocycles. The van der Waals surface area contributed by atoms with Crippen molar-refractivity contribution in [3.8, 4) is 5.75 Å². The summed E-state index contributed by atoms with van der Waals surface area (Å²) >= 11 is 5.89. The lowest BCUT2D eigenvalue weighted by atomic mass is 9.98. The van der Waals surface area contributed by atoms with Crippen LogP contribution in [0.5, 0.6) is 5.75 Å². The lowest BCUT2D eigenvalue weighted by Gasteiger charge is -2.26. The third-order valence-corrected chi connectivity index (χ3v) is 3.91. The van der Waals surface area contributed by atoms with Gasteiger partial charge in [-0.1, -0.05) is 35.9 Å². The number of aryl methyl sites for hydroxylation is 1. The predicted molar refractivity (Wildman–Crippen MR) is 83.6 cm³/mol. The Kier molecular flexibility index (Phi) is 3.83. The standard InChI is InChI=1S/C17H18ClNO/c1-12-5-8-14-3-2-4-16(17(14)19-12)20-11-13-6-9-15(18)10-7-13/h2-4,6-7,9-10,12,19H,5,8,11H2,1H3. The molecule has 1 atom stereocenters. The van der Waals surface area contributed by atoms with Gasteiger partial charge in [-0.2, -0.15) is 0 Å². The zero-order chi connectivity index (χ0) is 13.9. The predicted octanol–water partition coefficient (Wildman–Crippen LogP) is 4.67. The third kappa shape index (κ3) is 2.91. The maximum atomic E-state index is 5.97. The first-order valence-corrected chi connectivity index (χ1v) is 7.36. The van der Waals surface area contributed by atoms with Crippen molar-refractivity contribution in [3.63, 3.8) is 0 Å². The molecule has 2 aromatic rings. The van der Waals surface area contributed by atoms with E-state index in [-0.39, 0.29) is 0 Å². The van der Waals surface area contributed by atoms with Crippen LogP contribution in [0.1, 0.15) is 24.5 Å². The Morgan fingerprint density at radius 1 is 1.20 bits per heavy atom. The zero-order valence-electron chi connectivity index (χ0n) is 11.5. The fourth-order valence-corrected chi connectivity index (χ4v) is 2.63. The van der Waals surface area contributed by atoms with E-state index in [9.17, 15) is 0 Å². The molecule has 1 aliphatic rings. The van der Waals surface area contributed by atoms with Gasteiger partial charge in [-0.05, 0) is 49.1 Å². The van der Waals surface area contributed by atoms with E-state index in [0.717, 1.165) is 28.4 Å². The summed E-state index contributed by atoms with van der Waals surface area (Å²) in [5.74, 6) is 0.934. The van der Waals surface area contributed by atoms with Gasteiger partial charge in [0, 0.05) is 11.1 Å². The average Bonchev–Trinajstić information content (AvgIpc) is 2.47. The van der Waals surface area contributed by atoms with Gasteiger partial charge in [0.1, 0.15) is 12.4 Å². The Bertz CT molecular complexity index is 594. The minimum Gasteiger partial charge on any atom is -0.487 e. The van der Waals surface area contributed by atoms with Crippen molar-refractivity contribution in [1.82, 2.24) is 0 Å². The maximum Gasteiger partial charge on any atom is 0.143 e. The number of hydrogen-bond donors (Lipinski definition) is 1. The van der Waals surface area contributed by atoms with Gasteiger partial charge in [0.2, 0.25) is 0 Å². The van der Waals surface area contributed by atoms with Gasteiger partial charge < -0.3 is 10.1 Å². The highest BCUT2D eigenvalue weighted by atomic mass is 35.5. The quantitative estimate of drug-likeness (QED) is 0.886. The molecule has 0 amide bonds. The summed E-state index contributed by atoms with van der Waals surface area (Å²) in [6.45, 7) is 2.77. The molecule has 0 saturated carbocycles. The second kappa shape index (κ2) is 5.76. The highest BCUT2D eigenvalue weighted by Crippen LogP contribution is 2.34. The number of anilines is 1. The number of halogens is 1. The van der Waals surface area contributed by atoms with E-state index in [2.05, 4.69) is 24.4 Å². The minimum absolute atomic E-state index is 0.503. The first kappa shape index (κ1) is 13.3. The molecule has 2 aromatic carbocycles. The van der Waals surface area contributed by atoms with E-state index in [1.165, 1.54) is 12.0 Å². The fourth-order valence-electron chi connectivity index (χ4n) is 2.50. The molecular weight excluding hydrogens is 270 g/mol. The molecule has 20 heavy (non-hydrogen) atoms. The Hall–Kier alpha value is -1.67. The van der Waals surface area contributed by atoms with Crippen LogP contribution < -0.4 is 10.1 Å². The van der Waals surface area contributed by atoms with E-state index in [0.29, 0.717) is 12.6 Å². The summed E-state index contributed by atoms with van der Waals surface area (Å²) in [7, 11) is 0. The van der Waals surface area contributed by atoms with E-state index in [4.69, 9.17) is 16.3 Å². The first-order valence-electron chi connectivity index (χ1n) is 6.98. The van der Waals surface area contributed by atoms with Crippen LogP contribution in [0.2, 0.25) is 5.02 Å². The van der Waals surface area contributed by atoms with Gasteiger partial charge in [0.05, 0.1) is 5.69 Å². The molecule has 0 radical (unpaired) electrons. The number of rotatable bonds is 3. The fraction of sp³-hybridized carbons (Fsp3) is 0.294.